The molecule has 0 aliphatic carbocycles. The van der Waals surface area contributed by atoms with Gasteiger partial charge in [-0.05, 0) is 38.0 Å². The van der Waals surface area contributed by atoms with E-state index in [1.165, 1.54) is 12.1 Å². The zero-order valence-electron chi connectivity index (χ0n) is 11.7. The number of hydrogen-bond donors (Lipinski definition) is 1. The number of alkyl halides is 3. The van der Waals surface area contributed by atoms with Gasteiger partial charge in [-0.1, -0.05) is 12.1 Å². The van der Waals surface area contributed by atoms with E-state index in [0.29, 0.717) is 18.9 Å². The van der Waals surface area contributed by atoms with Crippen molar-refractivity contribution in [1.82, 2.24) is 4.90 Å². The minimum Gasteiger partial charge on any atom is -0.370 e. The maximum Gasteiger partial charge on any atom is 0.416 e. The Morgan fingerprint density at radius 1 is 1.15 bits per heavy atom. The Hall–Kier alpha value is -1.72. The summed E-state index contributed by atoms with van der Waals surface area (Å²) in [7, 11) is 0. The molecular weight excluding hydrogens is 267 g/mol. The lowest BCUT2D eigenvalue weighted by atomic mass is 10.1. The van der Waals surface area contributed by atoms with Crippen LogP contribution in [-0.2, 0) is 12.6 Å². The molecule has 1 aromatic rings. The van der Waals surface area contributed by atoms with Gasteiger partial charge in [0.2, 0.25) is 0 Å². The van der Waals surface area contributed by atoms with E-state index in [1.807, 2.05) is 18.7 Å². The van der Waals surface area contributed by atoms with Gasteiger partial charge in [-0.25, -0.2) is 0 Å². The minimum absolute atomic E-state index is 0.466. The van der Waals surface area contributed by atoms with Gasteiger partial charge < -0.3 is 10.6 Å². The summed E-state index contributed by atoms with van der Waals surface area (Å²) in [6.07, 6.45) is -3.72. The van der Waals surface area contributed by atoms with Crippen molar-refractivity contribution in [3.05, 3.63) is 35.4 Å². The molecule has 2 N–H and O–H groups in total. The normalized spacial score (nSPS) is 12.6. The maximum atomic E-state index is 12.4. The smallest absolute Gasteiger partial charge is 0.370 e. The largest absolute Gasteiger partial charge is 0.416 e. The predicted octanol–water partition coefficient (Wildman–Crippen LogP) is 2.90. The molecule has 0 aromatic heterocycles. The maximum absolute atomic E-state index is 12.4. The molecule has 0 atom stereocenters. The summed E-state index contributed by atoms with van der Waals surface area (Å²) in [5.41, 5.74) is 5.99. The third kappa shape index (κ3) is 4.75. The van der Waals surface area contributed by atoms with Crippen molar-refractivity contribution < 1.29 is 13.2 Å². The highest BCUT2D eigenvalue weighted by molar-refractivity contribution is 5.77. The second-order valence-electron chi connectivity index (χ2n) is 4.36. The first-order chi connectivity index (χ1) is 9.38. The van der Waals surface area contributed by atoms with Gasteiger partial charge in [0.05, 0.1) is 5.56 Å². The molecule has 0 fully saturated rings. The average molecular weight is 287 g/mol. The van der Waals surface area contributed by atoms with E-state index in [4.69, 9.17) is 5.73 Å². The van der Waals surface area contributed by atoms with Gasteiger partial charge in [0.1, 0.15) is 0 Å². The Morgan fingerprint density at radius 2 is 1.70 bits per heavy atom. The summed E-state index contributed by atoms with van der Waals surface area (Å²) in [6, 6.07) is 5.14. The van der Waals surface area contributed by atoms with Crippen molar-refractivity contribution >= 4 is 5.96 Å². The summed E-state index contributed by atoms with van der Waals surface area (Å²) in [6.45, 7) is 6.01. The number of hydrogen-bond acceptors (Lipinski definition) is 1. The van der Waals surface area contributed by atoms with Gasteiger partial charge >= 0.3 is 6.18 Å². The molecule has 0 saturated heterocycles. The fourth-order valence-corrected chi connectivity index (χ4v) is 1.81. The van der Waals surface area contributed by atoms with E-state index in [-0.39, 0.29) is 0 Å². The second kappa shape index (κ2) is 7.17. The van der Waals surface area contributed by atoms with Gasteiger partial charge in [-0.15, -0.1) is 0 Å². The zero-order valence-corrected chi connectivity index (χ0v) is 11.7. The van der Waals surface area contributed by atoms with Crippen molar-refractivity contribution in [2.24, 2.45) is 10.7 Å². The van der Waals surface area contributed by atoms with Crippen molar-refractivity contribution in [3.8, 4) is 0 Å². The van der Waals surface area contributed by atoms with Crippen molar-refractivity contribution in [3.63, 3.8) is 0 Å². The van der Waals surface area contributed by atoms with Crippen LogP contribution in [-0.4, -0.2) is 30.5 Å². The Morgan fingerprint density at radius 3 is 2.15 bits per heavy atom. The SMILES string of the molecule is CCN(CC)C(N)=NCCc1ccc(C(F)(F)F)cc1. The molecule has 0 aliphatic rings. The fourth-order valence-electron chi connectivity index (χ4n) is 1.81. The Labute approximate surface area is 117 Å². The van der Waals surface area contributed by atoms with Crippen LogP contribution in [0.1, 0.15) is 25.0 Å². The topological polar surface area (TPSA) is 41.6 Å². The fraction of sp³-hybridized carbons (Fsp3) is 0.500. The highest BCUT2D eigenvalue weighted by atomic mass is 19.4. The van der Waals surface area contributed by atoms with Crippen molar-refractivity contribution in [1.29, 1.82) is 0 Å². The highest BCUT2D eigenvalue weighted by Crippen LogP contribution is 2.29. The summed E-state index contributed by atoms with van der Waals surface area (Å²) in [5.74, 6) is 0.474. The lowest BCUT2D eigenvalue weighted by molar-refractivity contribution is -0.137. The summed E-state index contributed by atoms with van der Waals surface area (Å²) < 4.78 is 37.2. The molecule has 0 radical (unpaired) electrons. The molecular formula is C14H20F3N3. The summed E-state index contributed by atoms with van der Waals surface area (Å²) in [4.78, 5) is 6.15. The van der Waals surface area contributed by atoms with Gasteiger partial charge in [0.25, 0.3) is 0 Å². The average Bonchev–Trinajstić information content (AvgIpc) is 2.39. The Kier molecular flexibility index (Phi) is 5.85. The predicted molar refractivity (Wildman–Crippen MR) is 74.6 cm³/mol. The van der Waals surface area contributed by atoms with Crippen LogP contribution >= 0.6 is 0 Å². The zero-order chi connectivity index (χ0) is 15.2. The lowest BCUT2D eigenvalue weighted by Gasteiger charge is -2.19. The molecule has 112 valence electrons. The van der Waals surface area contributed by atoms with Crippen LogP contribution in [0, 0.1) is 0 Å². The molecule has 1 aromatic carbocycles. The van der Waals surface area contributed by atoms with Gasteiger partial charge in [0.15, 0.2) is 5.96 Å². The molecule has 20 heavy (non-hydrogen) atoms. The van der Waals surface area contributed by atoms with E-state index in [9.17, 15) is 13.2 Å². The third-order valence-corrected chi connectivity index (χ3v) is 3.04. The van der Waals surface area contributed by atoms with E-state index in [2.05, 4.69) is 4.99 Å². The van der Waals surface area contributed by atoms with Gasteiger partial charge in [0, 0.05) is 19.6 Å². The molecule has 0 bridgehead atoms. The standard InChI is InChI=1S/C14H20F3N3/c1-3-20(4-2)13(18)19-10-9-11-5-7-12(8-6-11)14(15,16)17/h5-8H,3-4,9-10H2,1-2H3,(H2,18,19). The summed E-state index contributed by atoms with van der Waals surface area (Å²) >= 11 is 0. The van der Waals surface area contributed by atoms with Crippen LogP contribution in [0.5, 0.6) is 0 Å². The second-order valence-corrected chi connectivity index (χ2v) is 4.36. The van der Waals surface area contributed by atoms with Crippen LogP contribution in [0.15, 0.2) is 29.3 Å². The number of aliphatic imine (C=N–C) groups is 1. The molecule has 0 heterocycles. The quantitative estimate of drug-likeness (QED) is 0.668. The molecule has 0 unspecified atom stereocenters. The van der Waals surface area contributed by atoms with E-state index < -0.39 is 11.7 Å². The first kappa shape index (κ1) is 16.3. The number of guanidine groups is 1. The van der Waals surface area contributed by atoms with Crippen LogP contribution in [0.2, 0.25) is 0 Å². The number of nitrogens with zero attached hydrogens (tertiary/aromatic N) is 2. The molecule has 0 aliphatic heterocycles. The van der Waals surface area contributed by atoms with Gasteiger partial charge in [-0.3, -0.25) is 4.99 Å². The Bertz CT molecular complexity index is 434. The van der Waals surface area contributed by atoms with Gasteiger partial charge in [-0.2, -0.15) is 13.2 Å². The van der Waals surface area contributed by atoms with Crippen molar-refractivity contribution in [2.45, 2.75) is 26.4 Å². The van der Waals surface area contributed by atoms with E-state index in [1.54, 1.807) is 0 Å². The molecule has 6 heteroatoms. The van der Waals surface area contributed by atoms with Crippen molar-refractivity contribution in [2.75, 3.05) is 19.6 Å². The highest BCUT2D eigenvalue weighted by Gasteiger charge is 2.29. The number of nitrogens with two attached hydrogens (primary N) is 1. The molecule has 1 rings (SSSR count). The van der Waals surface area contributed by atoms with E-state index >= 15 is 0 Å². The number of benzene rings is 1. The van der Waals surface area contributed by atoms with E-state index in [0.717, 1.165) is 30.8 Å². The lowest BCUT2D eigenvalue weighted by Crippen LogP contribution is -2.37. The first-order valence-electron chi connectivity index (χ1n) is 6.59. The Balaban J connectivity index is 2.56. The molecule has 0 saturated carbocycles. The monoisotopic (exact) mass is 287 g/mol. The number of halogens is 3. The molecule has 0 spiro atoms. The molecule has 3 nitrogen and oxygen atoms in total. The third-order valence-electron chi connectivity index (χ3n) is 3.04. The molecule has 0 amide bonds. The minimum atomic E-state index is -4.29. The van der Waals surface area contributed by atoms with Crippen LogP contribution in [0.25, 0.3) is 0 Å². The van der Waals surface area contributed by atoms with Crippen LogP contribution < -0.4 is 5.73 Å². The number of rotatable bonds is 5. The van der Waals surface area contributed by atoms with Crippen LogP contribution in [0.3, 0.4) is 0 Å². The first-order valence-corrected chi connectivity index (χ1v) is 6.59. The van der Waals surface area contributed by atoms with Crippen LogP contribution in [0.4, 0.5) is 13.2 Å². The summed E-state index contributed by atoms with van der Waals surface area (Å²) in [5, 5.41) is 0.